The Bertz CT molecular complexity index is 836. The second kappa shape index (κ2) is 8.91. The number of pyridine rings is 1. The van der Waals surface area contributed by atoms with Crippen LogP contribution in [0.5, 0.6) is 0 Å². The molecule has 0 aliphatic heterocycles. The maximum atomic E-state index is 11.1. The second-order valence-corrected chi connectivity index (χ2v) is 6.65. The number of benzene rings is 1. The molecule has 5 heteroatoms. The summed E-state index contributed by atoms with van der Waals surface area (Å²) in [5, 5.41) is 17.2. The van der Waals surface area contributed by atoms with Gasteiger partial charge in [0.25, 0.3) is 0 Å². The molecule has 1 unspecified atom stereocenters. The van der Waals surface area contributed by atoms with Crippen LogP contribution in [-0.2, 0) is 4.79 Å². The van der Waals surface area contributed by atoms with Crippen LogP contribution in [0.2, 0.25) is 0 Å². The largest absolute Gasteiger partial charge is 0.367 e. The Labute approximate surface area is 154 Å². The van der Waals surface area contributed by atoms with Crippen LogP contribution >= 0.6 is 0 Å². The number of carbonyl (C=O) groups excluding carboxylic acids is 1. The van der Waals surface area contributed by atoms with E-state index in [1.165, 1.54) is 0 Å². The number of aldehydes is 1. The zero-order valence-electron chi connectivity index (χ0n) is 15.5. The van der Waals surface area contributed by atoms with Crippen LogP contribution in [0.25, 0.3) is 11.1 Å². The van der Waals surface area contributed by atoms with Crippen molar-refractivity contribution in [3.8, 4) is 17.2 Å². The van der Waals surface area contributed by atoms with Crippen molar-refractivity contribution in [1.82, 2.24) is 9.88 Å². The number of aryl methyl sites for hydroxylation is 1. The topological polar surface area (TPSA) is 80.8 Å². The quantitative estimate of drug-likeness (QED) is 0.467. The number of amidine groups is 1. The van der Waals surface area contributed by atoms with E-state index in [0.717, 1.165) is 28.7 Å². The third kappa shape index (κ3) is 5.00. The van der Waals surface area contributed by atoms with E-state index >= 15 is 0 Å². The first-order valence-electron chi connectivity index (χ1n) is 8.61. The van der Waals surface area contributed by atoms with Crippen LogP contribution in [0.3, 0.4) is 0 Å². The highest BCUT2D eigenvalue weighted by Gasteiger charge is 2.15. The molecule has 26 heavy (non-hydrogen) atoms. The monoisotopic (exact) mass is 348 g/mol. The smallest absolute Gasteiger partial charge is 0.120 e. The van der Waals surface area contributed by atoms with Gasteiger partial charge < -0.3 is 9.69 Å². The zero-order valence-corrected chi connectivity index (χ0v) is 15.5. The van der Waals surface area contributed by atoms with E-state index in [0.29, 0.717) is 30.7 Å². The Morgan fingerprint density at radius 3 is 2.73 bits per heavy atom. The molecule has 1 N–H and O–H groups in total. The Morgan fingerprint density at radius 1 is 1.31 bits per heavy atom. The number of aromatic nitrogens is 1. The zero-order chi connectivity index (χ0) is 19.1. The van der Waals surface area contributed by atoms with Crippen molar-refractivity contribution in [3.05, 3.63) is 53.3 Å². The summed E-state index contributed by atoms with van der Waals surface area (Å²) >= 11 is 0. The van der Waals surface area contributed by atoms with Crippen LogP contribution in [0.15, 0.2) is 36.5 Å². The molecule has 0 saturated carbocycles. The van der Waals surface area contributed by atoms with Crippen LogP contribution in [-0.4, -0.2) is 36.1 Å². The minimum Gasteiger partial charge on any atom is -0.367 e. The molecular formula is C21H24N4O. The van der Waals surface area contributed by atoms with Crippen molar-refractivity contribution in [3.63, 3.8) is 0 Å². The Hall–Kier alpha value is -3.00. The van der Waals surface area contributed by atoms with E-state index in [-0.39, 0.29) is 5.92 Å². The molecule has 2 rings (SSSR count). The van der Waals surface area contributed by atoms with Crippen LogP contribution in [0.4, 0.5) is 0 Å². The van der Waals surface area contributed by atoms with Crippen molar-refractivity contribution in [2.24, 2.45) is 0 Å². The fraction of sp³-hybridized carbons (Fsp3) is 0.333. The Kier molecular flexibility index (Phi) is 6.62. The molecule has 0 aliphatic carbocycles. The predicted molar refractivity (Wildman–Crippen MR) is 103 cm³/mol. The van der Waals surface area contributed by atoms with Gasteiger partial charge in [0, 0.05) is 44.7 Å². The molecule has 1 aromatic carbocycles. The van der Waals surface area contributed by atoms with Crippen molar-refractivity contribution < 1.29 is 4.79 Å². The van der Waals surface area contributed by atoms with Gasteiger partial charge in [-0.2, -0.15) is 5.26 Å². The van der Waals surface area contributed by atoms with Gasteiger partial charge in [-0.15, -0.1) is 0 Å². The van der Waals surface area contributed by atoms with E-state index in [4.69, 9.17) is 5.41 Å². The first-order chi connectivity index (χ1) is 12.4. The third-order valence-corrected chi connectivity index (χ3v) is 4.39. The van der Waals surface area contributed by atoms with Crippen molar-refractivity contribution in [2.45, 2.75) is 32.1 Å². The minimum atomic E-state index is -0.0204. The molecule has 0 spiro atoms. The highest BCUT2D eigenvalue weighted by molar-refractivity contribution is 5.78. The van der Waals surface area contributed by atoms with E-state index in [2.05, 4.69) is 11.1 Å². The molecule has 1 atom stereocenters. The summed E-state index contributed by atoms with van der Waals surface area (Å²) in [4.78, 5) is 17.4. The average molecular weight is 348 g/mol. The number of nitrogens with zero attached hydrogens (tertiary/aromatic N) is 3. The van der Waals surface area contributed by atoms with Crippen molar-refractivity contribution in [2.75, 3.05) is 14.1 Å². The number of rotatable bonds is 7. The molecule has 0 saturated heterocycles. The normalized spacial score (nSPS) is 11.5. The van der Waals surface area contributed by atoms with Gasteiger partial charge in [-0.25, -0.2) is 0 Å². The molecule has 5 nitrogen and oxygen atoms in total. The molecule has 0 amide bonds. The van der Waals surface area contributed by atoms with E-state index in [1.54, 1.807) is 11.1 Å². The summed E-state index contributed by atoms with van der Waals surface area (Å²) in [5.74, 6) is 0.516. The first-order valence-corrected chi connectivity index (χ1v) is 8.61. The number of hydrogen-bond donors (Lipinski definition) is 1. The van der Waals surface area contributed by atoms with Crippen molar-refractivity contribution in [1.29, 1.82) is 10.7 Å². The maximum absolute atomic E-state index is 11.1. The molecule has 2 aromatic rings. The molecule has 0 fully saturated rings. The van der Waals surface area contributed by atoms with Gasteiger partial charge in [0.2, 0.25) is 0 Å². The van der Waals surface area contributed by atoms with Gasteiger partial charge in [-0.05, 0) is 54.3 Å². The molecule has 0 aliphatic rings. The lowest BCUT2D eigenvalue weighted by atomic mass is 9.93. The highest BCUT2D eigenvalue weighted by atomic mass is 16.1. The number of carbonyl (C=O) groups is 1. The van der Waals surface area contributed by atoms with Gasteiger partial charge in [-0.3, -0.25) is 10.4 Å². The Morgan fingerprint density at radius 2 is 2.08 bits per heavy atom. The molecule has 134 valence electrons. The lowest BCUT2D eigenvalue weighted by Gasteiger charge is -2.18. The van der Waals surface area contributed by atoms with E-state index < -0.39 is 0 Å². The van der Waals surface area contributed by atoms with Crippen molar-refractivity contribution >= 4 is 12.1 Å². The molecule has 0 bridgehead atoms. The SMILES string of the molecule is Cc1cc(C#N)cc(-c2ccnc(C(CC=O)CCC(=N)N(C)C)c2)c1. The summed E-state index contributed by atoms with van der Waals surface area (Å²) < 4.78 is 0. The molecule has 1 heterocycles. The van der Waals surface area contributed by atoms with Gasteiger partial charge in [0.15, 0.2) is 0 Å². The summed E-state index contributed by atoms with van der Waals surface area (Å²) in [6.07, 6.45) is 4.34. The van der Waals surface area contributed by atoms with Crippen LogP contribution in [0, 0.1) is 23.7 Å². The fourth-order valence-electron chi connectivity index (χ4n) is 2.90. The molecule has 1 aromatic heterocycles. The lowest BCUT2D eigenvalue weighted by molar-refractivity contribution is -0.108. The average Bonchev–Trinajstić information content (AvgIpc) is 2.64. The third-order valence-electron chi connectivity index (χ3n) is 4.39. The maximum Gasteiger partial charge on any atom is 0.120 e. The Balaban J connectivity index is 2.30. The minimum absolute atomic E-state index is 0.0204. The van der Waals surface area contributed by atoms with Gasteiger partial charge >= 0.3 is 0 Å². The molecule has 0 radical (unpaired) electrons. The predicted octanol–water partition coefficient (Wildman–Crippen LogP) is 3.92. The summed E-state index contributed by atoms with van der Waals surface area (Å²) in [6.45, 7) is 1.97. The van der Waals surface area contributed by atoms with Gasteiger partial charge in [0.1, 0.15) is 6.29 Å². The van der Waals surface area contributed by atoms with Gasteiger partial charge in [0.05, 0.1) is 17.5 Å². The van der Waals surface area contributed by atoms with Gasteiger partial charge in [-0.1, -0.05) is 6.07 Å². The first kappa shape index (κ1) is 19.3. The van der Waals surface area contributed by atoms with E-state index in [9.17, 15) is 10.1 Å². The molecular weight excluding hydrogens is 324 g/mol. The summed E-state index contributed by atoms with van der Waals surface area (Å²) in [7, 11) is 3.70. The fourth-order valence-corrected chi connectivity index (χ4v) is 2.90. The summed E-state index contributed by atoms with van der Waals surface area (Å²) in [6, 6.07) is 11.9. The number of nitriles is 1. The second-order valence-electron chi connectivity index (χ2n) is 6.65. The number of nitrogens with one attached hydrogen (secondary N) is 1. The lowest BCUT2D eigenvalue weighted by Crippen LogP contribution is -2.21. The van der Waals surface area contributed by atoms with Crippen LogP contribution < -0.4 is 0 Å². The number of hydrogen-bond acceptors (Lipinski definition) is 4. The summed E-state index contributed by atoms with van der Waals surface area (Å²) in [5.41, 5.74) is 4.45. The highest BCUT2D eigenvalue weighted by Crippen LogP contribution is 2.28. The standard InChI is InChI=1S/C21H24N4O/c1-15-10-16(14-22)12-19(11-15)18-6-8-24-20(13-18)17(7-9-26)4-5-21(23)25(2)3/h6,8-13,17,23H,4-5,7H2,1-3H3. The van der Waals surface area contributed by atoms with Crippen LogP contribution in [0.1, 0.15) is 42.0 Å². The van der Waals surface area contributed by atoms with E-state index in [1.807, 2.05) is 51.4 Å².